The Morgan fingerprint density at radius 1 is 1.17 bits per heavy atom. The van der Waals surface area contributed by atoms with Crippen molar-refractivity contribution in [3.8, 4) is 0 Å². The zero-order valence-electron chi connectivity index (χ0n) is 14.7. The van der Waals surface area contributed by atoms with Crippen LogP contribution in [0.3, 0.4) is 0 Å². The maximum atomic E-state index is 11.0. The second-order valence-corrected chi connectivity index (χ2v) is 8.55. The Morgan fingerprint density at radius 3 is 2.46 bits per heavy atom. The third-order valence-electron chi connectivity index (χ3n) is 5.11. The van der Waals surface area contributed by atoms with Crippen molar-refractivity contribution in [2.75, 3.05) is 19.6 Å². The van der Waals surface area contributed by atoms with Gasteiger partial charge in [0, 0.05) is 29.4 Å². The van der Waals surface area contributed by atoms with Gasteiger partial charge in [-0.25, -0.2) is 0 Å². The standard InChI is InChI=1S/C20H27NO2S/c1-14-5-4-6-17(11-14)20(23)7-9-21(10-8-20)13-19(22)18-12-15(2)24-16(18)3/h4-6,11-12,19,22-23H,7-10,13H2,1-3H3. The van der Waals surface area contributed by atoms with Crippen molar-refractivity contribution < 1.29 is 10.2 Å². The van der Waals surface area contributed by atoms with Crippen molar-refractivity contribution in [2.24, 2.45) is 0 Å². The summed E-state index contributed by atoms with van der Waals surface area (Å²) in [5.41, 5.74) is 2.52. The van der Waals surface area contributed by atoms with Crippen LogP contribution in [0.2, 0.25) is 0 Å². The van der Waals surface area contributed by atoms with Gasteiger partial charge in [0.2, 0.25) is 0 Å². The summed E-state index contributed by atoms with van der Waals surface area (Å²) in [7, 11) is 0. The highest BCUT2D eigenvalue weighted by molar-refractivity contribution is 7.12. The van der Waals surface area contributed by atoms with Crippen molar-refractivity contribution in [2.45, 2.75) is 45.3 Å². The first-order valence-electron chi connectivity index (χ1n) is 8.64. The molecule has 4 heteroatoms. The third-order valence-corrected chi connectivity index (χ3v) is 6.09. The topological polar surface area (TPSA) is 43.7 Å². The molecule has 0 spiro atoms. The molecule has 2 heterocycles. The molecule has 1 aromatic heterocycles. The lowest BCUT2D eigenvalue weighted by Crippen LogP contribution is -2.44. The van der Waals surface area contributed by atoms with E-state index in [0.29, 0.717) is 19.4 Å². The van der Waals surface area contributed by atoms with Crippen molar-refractivity contribution in [1.82, 2.24) is 4.90 Å². The molecule has 1 fully saturated rings. The normalized spacial score (nSPS) is 19.4. The van der Waals surface area contributed by atoms with Crippen LogP contribution < -0.4 is 0 Å². The maximum Gasteiger partial charge on any atom is 0.0927 e. The molecule has 2 aromatic rings. The fourth-order valence-electron chi connectivity index (χ4n) is 3.65. The second kappa shape index (κ2) is 6.96. The van der Waals surface area contributed by atoms with Crippen LogP contribution >= 0.6 is 11.3 Å². The minimum Gasteiger partial charge on any atom is -0.387 e. The van der Waals surface area contributed by atoms with Crippen LogP contribution in [0.15, 0.2) is 30.3 Å². The van der Waals surface area contributed by atoms with Gasteiger partial charge in [0.05, 0.1) is 11.7 Å². The molecular weight excluding hydrogens is 318 g/mol. The summed E-state index contributed by atoms with van der Waals surface area (Å²) in [4.78, 5) is 4.71. The number of aliphatic hydroxyl groups excluding tert-OH is 1. The number of aryl methyl sites for hydroxylation is 3. The van der Waals surface area contributed by atoms with Crippen LogP contribution in [0, 0.1) is 20.8 Å². The first kappa shape index (κ1) is 17.6. The highest BCUT2D eigenvalue weighted by Gasteiger charge is 2.34. The van der Waals surface area contributed by atoms with E-state index in [1.54, 1.807) is 11.3 Å². The summed E-state index contributed by atoms with van der Waals surface area (Å²) >= 11 is 1.74. The van der Waals surface area contributed by atoms with Gasteiger partial charge in [-0.3, -0.25) is 0 Å². The first-order valence-corrected chi connectivity index (χ1v) is 9.46. The summed E-state index contributed by atoms with van der Waals surface area (Å²) in [5, 5.41) is 21.5. The highest BCUT2D eigenvalue weighted by Crippen LogP contribution is 2.34. The number of thiophene rings is 1. The summed E-state index contributed by atoms with van der Waals surface area (Å²) in [5.74, 6) is 0. The molecule has 1 aromatic carbocycles. The van der Waals surface area contributed by atoms with E-state index in [2.05, 4.69) is 43.9 Å². The third kappa shape index (κ3) is 3.72. The molecule has 2 N–H and O–H groups in total. The van der Waals surface area contributed by atoms with Gasteiger partial charge in [-0.15, -0.1) is 11.3 Å². The number of hydrogen-bond donors (Lipinski definition) is 2. The van der Waals surface area contributed by atoms with Crippen molar-refractivity contribution >= 4 is 11.3 Å². The van der Waals surface area contributed by atoms with Crippen LogP contribution in [0.25, 0.3) is 0 Å². The minimum atomic E-state index is -0.734. The maximum absolute atomic E-state index is 11.0. The predicted molar refractivity (Wildman–Crippen MR) is 99.5 cm³/mol. The van der Waals surface area contributed by atoms with Gasteiger partial charge in [0.1, 0.15) is 0 Å². The Bertz CT molecular complexity index is 701. The van der Waals surface area contributed by atoms with E-state index in [1.165, 1.54) is 15.3 Å². The van der Waals surface area contributed by atoms with Crippen molar-refractivity contribution in [1.29, 1.82) is 0 Å². The molecule has 0 aliphatic carbocycles. The van der Waals surface area contributed by atoms with E-state index in [0.717, 1.165) is 24.2 Å². The Labute approximate surface area is 148 Å². The molecule has 1 saturated heterocycles. The van der Waals surface area contributed by atoms with Crippen LogP contribution in [0.5, 0.6) is 0 Å². The molecule has 130 valence electrons. The van der Waals surface area contributed by atoms with Gasteiger partial charge in [-0.05, 0) is 50.8 Å². The van der Waals surface area contributed by atoms with E-state index < -0.39 is 11.7 Å². The molecule has 1 unspecified atom stereocenters. The van der Waals surface area contributed by atoms with E-state index in [9.17, 15) is 10.2 Å². The smallest absolute Gasteiger partial charge is 0.0927 e. The molecule has 1 aliphatic rings. The van der Waals surface area contributed by atoms with E-state index in [1.807, 2.05) is 12.1 Å². The van der Waals surface area contributed by atoms with Gasteiger partial charge < -0.3 is 15.1 Å². The van der Waals surface area contributed by atoms with E-state index in [4.69, 9.17) is 0 Å². The monoisotopic (exact) mass is 345 g/mol. The second-order valence-electron chi connectivity index (χ2n) is 7.09. The molecule has 0 bridgehead atoms. The predicted octanol–water partition coefficient (Wildman–Crippen LogP) is 3.69. The number of hydrogen-bond acceptors (Lipinski definition) is 4. The molecular formula is C20H27NO2S. The van der Waals surface area contributed by atoms with Crippen molar-refractivity contribution in [3.63, 3.8) is 0 Å². The van der Waals surface area contributed by atoms with Gasteiger partial charge in [0.25, 0.3) is 0 Å². The summed E-state index contributed by atoms with van der Waals surface area (Å²) in [6, 6.07) is 10.3. The van der Waals surface area contributed by atoms with Gasteiger partial charge in [0.15, 0.2) is 0 Å². The Balaban J connectivity index is 1.62. The fourth-order valence-corrected chi connectivity index (χ4v) is 4.63. The number of nitrogens with zero attached hydrogens (tertiary/aromatic N) is 1. The molecule has 0 amide bonds. The fraction of sp³-hybridized carbons (Fsp3) is 0.500. The average Bonchev–Trinajstić information content (AvgIpc) is 2.88. The molecule has 1 aliphatic heterocycles. The number of rotatable bonds is 4. The van der Waals surface area contributed by atoms with E-state index >= 15 is 0 Å². The Hall–Kier alpha value is -1.20. The summed E-state index contributed by atoms with van der Waals surface area (Å²) in [6.45, 7) is 8.47. The molecule has 0 saturated carbocycles. The molecule has 3 rings (SSSR count). The zero-order chi connectivity index (χ0) is 17.3. The average molecular weight is 346 g/mol. The number of likely N-dealkylation sites (tertiary alicyclic amines) is 1. The van der Waals surface area contributed by atoms with E-state index in [-0.39, 0.29) is 0 Å². The van der Waals surface area contributed by atoms with Crippen LogP contribution in [0.4, 0.5) is 0 Å². The lowest BCUT2D eigenvalue weighted by atomic mass is 9.84. The quantitative estimate of drug-likeness (QED) is 0.888. The number of benzene rings is 1. The van der Waals surface area contributed by atoms with Gasteiger partial charge >= 0.3 is 0 Å². The lowest BCUT2D eigenvalue weighted by Gasteiger charge is -2.39. The van der Waals surface area contributed by atoms with Gasteiger partial charge in [-0.1, -0.05) is 29.8 Å². The number of aliphatic hydroxyl groups is 2. The number of β-amino-alcohol motifs (C(OH)–C–C–N with tert-alkyl or cyclic N) is 1. The summed E-state index contributed by atoms with van der Waals surface area (Å²) in [6.07, 6.45) is 0.982. The molecule has 0 radical (unpaired) electrons. The van der Waals surface area contributed by atoms with Crippen LogP contribution in [-0.4, -0.2) is 34.7 Å². The Morgan fingerprint density at radius 2 is 1.88 bits per heavy atom. The summed E-state index contributed by atoms with van der Waals surface area (Å²) < 4.78 is 0. The number of piperidine rings is 1. The SMILES string of the molecule is Cc1cccc(C2(O)CCN(CC(O)c3cc(C)sc3C)CC2)c1. The Kier molecular flexibility index (Phi) is 5.11. The van der Waals surface area contributed by atoms with Crippen molar-refractivity contribution in [3.05, 3.63) is 56.8 Å². The molecule has 1 atom stereocenters. The largest absolute Gasteiger partial charge is 0.387 e. The minimum absolute atomic E-state index is 0.444. The van der Waals surface area contributed by atoms with Crippen LogP contribution in [0.1, 0.15) is 45.4 Å². The first-order chi connectivity index (χ1) is 11.4. The molecule has 3 nitrogen and oxygen atoms in total. The van der Waals surface area contributed by atoms with Gasteiger partial charge in [-0.2, -0.15) is 0 Å². The highest BCUT2D eigenvalue weighted by atomic mass is 32.1. The zero-order valence-corrected chi connectivity index (χ0v) is 15.6. The molecule has 24 heavy (non-hydrogen) atoms. The lowest BCUT2D eigenvalue weighted by molar-refractivity contribution is -0.0345. The van der Waals surface area contributed by atoms with Crippen LogP contribution in [-0.2, 0) is 5.60 Å².